The molecule has 146 valence electrons. The summed E-state index contributed by atoms with van der Waals surface area (Å²) < 4.78 is 11.9. The van der Waals surface area contributed by atoms with Gasteiger partial charge < -0.3 is 14.8 Å². The van der Waals surface area contributed by atoms with Crippen LogP contribution in [0.25, 0.3) is 17.1 Å². The molecule has 0 fully saturated rings. The maximum Gasteiger partial charge on any atom is 0.336 e. The molecule has 0 saturated carbocycles. The maximum absolute atomic E-state index is 11.6. The fourth-order valence-corrected chi connectivity index (χ4v) is 2.80. The molecule has 2 aromatic carbocycles. The quantitative estimate of drug-likeness (QED) is 0.618. The van der Waals surface area contributed by atoms with Gasteiger partial charge in [0.15, 0.2) is 5.82 Å². The second kappa shape index (κ2) is 9.05. The second-order valence-corrected chi connectivity index (χ2v) is 6.53. The summed E-state index contributed by atoms with van der Waals surface area (Å²) in [4.78, 5) is 16.1. The molecule has 0 unspecified atom stereocenters. The molecule has 3 rings (SSSR count). The summed E-state index contributed by atoms with van der Waals surface area (Å²) in [5, 5.41) is 8.04. The summed E-state index contributed by atoms with van der Waals surface area (Å²) in [6.07, 6.45) is 0. The highest BCUT2D eigenvalue weighted by molar-refractivity contribution is 6.42. The molecule has 0 bridgehead atoms. The lowest BCUT2D eigenvalue weighted by Crippen LogP contribution is -2.17. The van der Waals surface area contributed by atoms with Crippen molar-refractivity contribution in [2.24, 2.45) is 0 Å². The number of rotatable bonds is 7. The van der Waals surface area contributed by atoms with Gasteiger partial charge in [-0.3, -0.25) is 4.79 Å². The topological polar surface area (TPSA) is 78.3 Å². The largest absolute Gasteiger partial charge is 0.463 e. The van der Waals surface area contributed by atoms with Gasteiger partial charge in [0.2, 0.25) is 5.91 Å². The van der Waals surface area contributed by atoms with E-state index in [0.29, 0.717) is 28.2 Å². The molecule has 1 amide bonds. The standard InChI is InChI=1S/C19H18Cl2N4O3/c1-3-28-19-23-18(12-4-9-15(20)16(21)10-12)25(24-19)14-7-5-13(6-8-14)22-17(26)11-27-2/h4-10H,3,11H2,1-2H3,(H,22,26). The number of anilines is 1. The van der Waals surface area contributed by atoms with Gasteiger partial charge in [-0.05, 0) is 49.4 Å². The van der Waals surface area contributed by atoms with Crippen LogP contribution in [0.1, 0.15) is 6.92 Å². The highest BCUT2D eigenvalue weighted by Gasteiger charge is 2.16. The van der Waals surface area contributed by atoms with E-state index in [1.807, 2.05) is 25.1 Å². The summed E-state index contributed by atoms with van der Waals surface area (Å²) in [6, 6.07) is 12.6. The van der Waals surface area contributed by atoms with E-state index in [-0.39, 0.29) is 18.5 Å². The lowest BCUT2D eigenvalue weighted by Gasteiger charge is -2.08. The Bertz CT molecular complexity index is 974. The lowest BCUT2D eigenvalue weighted by molar-refractivity contribution is -0.119. The van der Waals surface area contributed by atoms with E-state index in [0.717, 1.165) is 11.3 Å². The maximum atomic E-state index is 11.6. The second-order valence-electron chi connectivity index (χ2n) is 5.72. The van der Waals surface area contributed by atoms with Crippen molar-refractivity contribution in [3.05, 3.63) is 52.5 Å². The van der Waals surface area contributed by atoms with Crippen LogP contribution in [0.5, 0.6) is 6.01 Å². The molecule has 1 heterocycles. The normalized spacial score (nSPS) is 10.7. The Morgan fingerprint density at radius 1 is 1.14 bits per heavy atom. The van der Waals surface area contributed by atoms with Crippen LogP contribution >= 0.6 is 23.2 Å². The summed E-state index contributed by atoms with van der Waals surface area (Å²) in [5.41, 5.74) is 2.13. The zero-order valence-electron chi connectivity index (χ0n) is 15.3. The number of carbonyl (C=O) groups is 1. The van der Waals surface area contributed by atoms with E-state index in [1.54, 1.807) is 28.9 Å². The van der Waals surface area contributed by atoms with Crippen LogP contribution in [-0.2, 0) is 9.53 Å². The number of ether oxygens (including phenoxy) is 2. The monoisotopic (exact) mass is 420 g/mol. The molecule has 3 aromatic rings. The number of aromatic nitrogens is 3. The number of hydrogen-bond donors (Lipinski definition) is 1. The third-order valence-corrected chi connectivity index (χ3v) is 4.45. The minimum absolute atomic E-state index is 0.00990. The Kier molecular flexibility index (Phi) is 6.51. The number of hydrogen-bond acceptors (Lipinski definition) is 5. The number of nitrogens with zero attached hydrogens (tertiary/aromatic N) is 3. The van der Waals surface area contributed by atoms with E-state index in [2.05, 4.69) is 15.4 Å². The van der Waals surface area contributed by atoms with Gasteiger partial charge in [0, 0.05) is 18.4 Å². The smallest absolute Gasteiger partial charge is 0.336 e. The number of amides is 1. The van der Waals surface area contributed by atoms with Crippen LogP contribution < -0.4 is 10.1 Å². The Labute approximate surface area is 172 Å². The molecule has 9 heteroatoms. The molecular formula is C19H18Cl2N4O3. The number of methoxy groups -OCH3 is 1. The Morgan fingerprint density at radius 3 is 2.54 bits per heavy atom. The van der Waals surface area contributed by atoms with E-state index in [9.17, 15) is 4.79 Å². The zero-order chi connectivity index (χ0) is 20.1. The average Bonchev–Trinajstić information content (AvgIpc) is 3.09. The predicted octanol–water partition coefficient (Wildman–Crippen LogP) is 4.22. The van der Waals surface area contributed by atoms with Crippen molar-refractivity contribution in [3.8, 4) is 23.1 Å². The fourth-order valence-electron chi connectivity index (χ4n) is 2.50. The van der Waals surface area contributed by atoms with E-state index < -0.39 is 0 Å². The molecule has 0 radical (unpaired) electrons. The van der Waals surface area contributed by atoms with Crippen LogP contribution in [-0.4, -0.2) is 41.0 Å². The molecule has 7 nitrogen and oxygen atoms in total. The summed E-state index contributed by atoms with van der Waals surface area (Å²) in [6.45, 7) is 2.29. The predicted molar refractivity (Wildman–Crippen MR) is 108 cm³/mol. The van der Waals surface area contributed by atoms with Crippen molar-refractivity contribution in [1.82, 2.24) is 14.8 Å². The Balaban J connectivity index is 1.96. The summed E-state index contributed by atoms with van der Waals surface area (Å²) >= 11 is 12.2. The SMILES string of the molecule is CCOc1nc(-c2ccc(Cl)c(Cl)c2)n(-c2ccc(NC(=O)COC)cc2)n1. The first-order valence-corrected chi connectivity index (χ1v) is 9.22. The van der Waals surface area contributed by atoms with Gasteiger partial charge in [0.1, 0.15) is 6.61 Å². The van der Waals surface area contributed by atoms with Crippen molar-refractivity contribution < 1.29 is 14.3 Å². The zero-order valence-corrected chi connectivity index (χ0v) is 16.8. The molecule has 28 heavy (non-hydrogen) atoms. The van der Waals surface area contributed by atoms with E-state index >= 15 is 0 Å². The van der Waals surface area contributed by atoms with Gasteiger partial charge in [0.25, 0.3) is 0 Å². The minimum Gasteiger partial charge on any atom is -0.463 e. The van der Waals surface area contributed by atoms with E-state index in [4.69, 9.17) is 32.7 Å². The van der Waals surface area contributed by atoms with Crippen LogP contribution in [0, 0.1) is 0 Å². The van der Waals surface area contributed by atoms with Gasteiger partial charge in [-0.15, -0.1) is 5.10 Å². The van der Waals surface area contributed by atoms with Crippen molar-refractivity contribution in [1.29, 1.82) is 0 Å². The fraction of sp³-hybridized carbons (Fsp3) is 0.211. The highest BCUT2D eigenvalue weighted by Crippen LogP contribution is 2.30. The number of halogens is 2. The minimum atomic E-state index is -0.230. The third kappa shape index (κ3) is 4.62. The molecule has 1 aromatic heterocycles. The van der Waals surface area contributed by atoms with Crippen molar-refractivity contribution in [2.75, 3.05) is 25.6 Å². The highest BCUT2D eigenvalue weighted by atomic mass is 35.5. The third-order valence-electron chi connectivity index (χ3n) is 3.71. The molecule has 0 aliphatic heterocycles. The van der Waals surface area contributed by atoms with Gasteiger partial charge in [0.05, 0.1) is 22.3 Å². The molecule has 0 aliphatic carbocycles. The van der Waals surface area contributed by atoms with Gasteiger partial charge >= 0.3 is 6.01 Å². The van der Waals surface area contributed by atoms with Crippen LogP contribution in [0.4, 0.5) is 5.69 Å². The Hall–Kier alpha value is -2.61. The van der Waals surface area contributed by atoms with Crippen molar-refractivity contribution in [2.45, 2.75) is 6.92 Å². The van der Waals surface area contributed by atoms with Crippen LogP contribution in [0.2, 0.25) is 10.0 Å². The first-order chi connectivity index (χ1) is 13.5. The Morgan fingerprint density at radius 2 is 1.89 bits per heavy atom. The first-order valence-electron chi connectivity index (χ1n) is 8.46. The van der Waals surface area contributed by atoms with Gasteiger partial charge in [-0.25, -0.2) is 4.68 Å². The van der Waals surface area contributed by atoms with Gasteiger partial charge in [-0.1, -0.05) is 23.2 Å². The van der Waals surface area contributed by atoms with Crippen LogP contribution in [0.15, 0.2) is 42.5 Å². The van der Waals surface area contributed by atoms with Crippen molar-refractivity contribution in [3.63, 3.8) is 0 Å². The molecule has 0 aliphatic rings. The molecule has 0 saturated heterocycles. The average molecular weight is 421 g/mol. The van der Waals surface area contributed by atoms with Crippen molar-refractivity contribution >= 4 is 34.8 Å². The number of benzene rings is 2. The summed E-state index contributed by atoms with van der Waals surface area (Å²) in [7, 11) is 1.47. The van der Waals surface area contributed by atoms with Crippen LogP contribution in [0.3, 0.4) is 0 Å². The molecule has 0 spiro atoms. The molecular weight excluding hydrogens is 403 g/mol. The number of nitrogens with one attached hydrogen (secondary N) is 1. The van der Waals surface area contributed by atoms with E-state index in [1.165, 1.54) is 7.11 Å². The van der Waals surface area contributed by atoms with Gasteiger partial charge in [-0.2, -0.15) is 4.98 Å². The lowest BCUT2D eigenvalue weighted by atomic mass is 10.2. The number of carbonyl (C=O) groups excluding carboxylic acids is 1. The molecule has 0 atom stereocenters. The summed E-state index contributed by atoms with van der Waals surface area (Å²) in [5.74, 6) is 0.323. The first kappa shape index (κ1) is 20.1. The molecule has 1 N–H and O–H groups in total.